The van der Waals surface area contributed by atoms with Gasteiger partial charge in [-0.25, -0.2) is 4.68 Å². The monoisotopic (exact) mass is 326 g/mol. The van der Waals surface area contributed by atoms with E-state index in [0.29, 0.717) is 0 Å². The Morgan fingerprint density at radius 3 is 2.96 bits per heavy atom. The fourth-order valence-electron chi connectivity index (χ4n) is 3.54. The zero-order valence-corrected chi connectivity index (χ0v) is 14.4. The Bertz CT molecular complexity index is 693. The van der Waals surface area contributed by atoms with Gasteiger partial charge in [0.25, 0.3) is 0 Å². The highest BCUT2D eigenvalue weighted by molar-refractivity contribution is 5.80. The normalized spacial score (nSPS) is 25.2. The van der Waals surface area contributed by atoms with Crippen LogP contribution in [0, 0.1) is 5.92 Å². The number of nitrogens with two attached hydrogens (primary N) is 1. The molecule has 1 heterocycles. The van der Waals surface area contributed by atoms with Gasteiger partial charge in [0.05, 0.1) is 17.6 Å². The quantitative estimate of drug-likeness (QED) is 0.907. The summed E-state index contributed by atoms with van der Waals surface area (Å²) in [6.07, 6.45) is 7.63. The van der Waals surface area contributed by atoms with Crippen LogP contribution in [0.5, 0.6) is 0 Å². The van der Waals surface area contributed by atoms with Crippen LogP contribution in [-0.4, -0.2) is 21.2 Å². The molecule has 1 fully saturated rings. The first-order valence-corrected chi connectivity index (χ1v) is 8.66. The lowest BCUT2D eigenvalue weighted by Crippen LogP contribution is -2.53. The number of carbonyl (C=O) groups excluding carboxylic acids is 1. The van der Waals surface area contributed by atoms with Gasteiger partial charge >= 0.3 is 0 Å². The number of nitrogens with zero attached hydrogens (tertiary/aromatic N) is 2. The maximum absolute atomic E-state index is 12.7. The van der Waals surface area contributed by atoms with Gasteiger partial charge in [-0.05, 0) is 50.5 Å². The molecule has 1 amide bonds. The molecule has 1 aliphatic carbocycles. The van der Waals surface area contributed by atoms with E-state index in [0.717, 1.165) is 36.9 Å². The van der Waals surface area contributed by atoms with Crippen LogP contribution in [0.15, 0.2) is 42.7 Å². The summed E-state index contributed by atoms with van der Waals surface area (Å²) in [7, 11) is 0. The Morgan fingerprint density at radius 2 is 2.25 bits per heavy atom. The maximum Gasteiger partial charge on any atom is 0.225 e. The molecule has 0 bridgehead atoms. The molecule has 1 aliphatic rings. The number of aromatic nitrogens is 2. The largest absolute Gasteiger partial charge is 0.349 e. The number of rotatable bonds is 4. The Morgan fingerprint density at radius 1 is 1.42 bits per heavy atom. The molecule has 5 nitrogen and oxygen atoms in total. The number of nitrogens with one attached hydrogen (secondary N) is 1. The first-order valence-electron chi connectivity index (χ1n) is 8.66. The average molecular weight is 326 g/mol. The Hall–Kier alpha value is -2.14. The van der Waals surface area contributed by atoms with E-state index in [2.05, 4.69) is 16.5 Å². The summed E-state index contributed by atoms with van der Waals surface area (Å²) < 4.78 is 1.82. The van der Waals surface area contributed by atoms with E-state index in [1.54, 1.807) is 6.20 Å². The SMILES string of the molecule is CC(NC(=O)C1CCCCC1(C)N)c1cccc(-n2cccn2)c1. The molecular formula is C19H26N4O. The molecule has 1 aromatic carbocycles. The standard InChI is InChI=1S/C19H26N4O/c1-14(22-18(24)17-9-3-4-10-19(17,2)20)15-7-5-8-16(13-15)23-12-6-11-21-23/h5-8,11-14,17H,3-4,9-10,20H2,1-2H3,(H,22,24). The lowest BCUT2D eigenvalue weighted by Gasteiger charge is -2.37. The van der Waals surface area contributed by atoms with Gasteiger partial charge in [-0.1, -0.05) is 25.0 Å². The van der Waals surface area contributed by atoms with Crippen molar-refractivity contribution in [2.75, 3.05) is 0 Å². The van der Waals surface area contributed by atoms with E-state index in [4.69, 9.17) is 5.73 Å². The predicted octanol–water partition coefficient (Wildman–Crippen LogP) is 2.96. The number of benzene rings is 1. The van der Waals surface area contributed by atoms with Gasteiger partial charge in [0, 0.05) is 17.9 Å². The second-order valence-electron chi connectivity index (χ2n) is 7.08. The average Bonchev–Trinajstić information content (AvgIpc) is 3.09. The predicted molar refractivity (Wildman–Crippen MR) is 94.7 cm³/mol. The van der Waals surface area contributed by atoms with Gasteiger partial charge in [-0.3, -0.25) is 4.79 Å². The van der Waals surface area contributed by atoms with Crippen molar-refractivity contribution in [3.8, 4) is 5.69 Å². The molecule has 2 aromatic rings. The molecule has 3 N–H and O–H groups in total. The molecule has 5 heteroatoms. The van der Waals surface area contributed by atoms with Crippen molar-refractivity contribution >= 4 is 5.91 Å². The summed E-state index contributed by atoms with van der Waals surface area (Å²) in [5.41, 5.74) is 8.00. The van der Waals surface area contributed by atoms with E-state index in [-0.39, 0.29) is 17.9 Å². The molecule has 0 saturated heterocycles. The first kappa shape index (κ1) is 16.7. The third kappa shape index (κ3) is 3.51. The van der Waals surface area contributed by atoms with Crippen LogP contribution in [0.4, 0.5) is 0 Å². The molecule has 0 aliphatic heterocycles. The molecule has 24 heavy (non-hydrogen) atoms. The smallest absolute Gasteiger partial charge is 0.225 e. The molecule has 3 rings (SSSR count). The van der Waals surface area contributed by atoms with Gasteiger partial charge < -0.3 is 11.1 Å². The maximum atomic E-state index is 12.7. The Balaban J connectivity index is 1.72. The molecule has 1 saturated carbocycles. The summed E-state index contributed by atoms with van der Waals surface area (Å²) in [6, 6.07) is 9.90. The van der Waals surface area contributed by atoms with Crippen LogP contribution >= 0.6 is 0 Å². The van der Waals surface area contributed by atoms with Crippen molar-refractivity contribution < 1.29 is 4.79 Å². The van der Waals surface area contributed by atoms with Crippen LogP contribution in [0.1, 0.15) is 51.1 Å². The highest BCUT2D eigenvalue weighted by atomic mass is 16.2. The van der Waals surface area contributed by atoms with Gasteiger partial charge in [0.15, 0.2) is 0 Å². The minimum absolute atomic E-state index is 0.0641. The van der Waals surface area contributed by atoms with Crippen molar-refractivity contribution in [1.29, 1.82) is 0 Å². The van der Waals surface area contributed by atoms with Crippen LogP contribution in [0.25, 0.3) is 5.69 Å². The van der Waals surface area contributed by atoms with Crippen LogP contribution in [0.3, 0.4) is 0 Å². The molecular weight excluding hydrogens is 300 g/mol. The number of hydrogen-bond acceptors (Lipinski definition) is 3. The zero-order valence-electron chi connectivity index (χ0n) is 14.4. The summed E-state index contributed by atoms with van der Waals surface area (Å²) in [6.45, 7) is 4.01. The number of carbonyl (C=O) groups is 1. The van der Waals surface area contributed by atoms with Crippen LogP contribution in [-0.2, 0) is 4.79 Å². The van der Waals surface area contributed by atoms with E-state index < -0.39 is 5.54 Å². The van der Waals surface area contributed by atoms with E-state index >= 15 is 0 Å². The fraction of sp³-hybridized carbons (Fsp3) is 0.474. The highest BCUT2D eigenvalue weighted by Crippen LogP contribution is 2.32. The van der Waals surface area contributed by atoms with Crippen molar-refractivity contribution in [2.24, 2.45) is 11.7 Å². The Kier molecular flexibility index (Phi) is 4.71. The molecule has 3 unspecified atom stereocenters. The minimum Gasteiger partial charge on any atom is -0.349 e. The van der Waals surface area contributed by atoms with Crippen molar-refractivity contribution in [3.05, 3.63) is 48.3 Å². The van der Waals surface area contributed by atoms with E-state index in [1.807, 2.05) is 49.0 Å². The topological polar surface area (TPSA) is 72.9 Å². The molecule has 128 valence electrons. The van der Waals surface area contributed by atoms with Crippen LogP contribution < -0.4 is 11.1 Å². The second kappa shape index (κ2) is 6.77. The molecule has 0 spiro atoms. The third-order valence-electron chi connectivity index (χ3n) is 5.07. The summed E-state index contributed by atoms with van der Waals surface area (Å²) in [5, 5.41) is 7.40. The highest BCUT2D eigenvalue weighted by Gasteiger charge is 2.38. The zero-order chi connectivity index (χ0) is 17.2. The summed E-state index contributed by atoms with van der Waals surface area (Å²) >= 11 is 0. The third-order valence-corrected chi connectivity index (χ3v) is 5.07. The van der Waals surface area contributed by atoms with Gasteiger partial charge in [-0.2, -0.15) is 5.10 Å². The van der Waals surface area contributed by atoms with Crippen LogP contribution in [0.2, 0.25) is 0 Å². The molecule has 3 atom stereocenters. The van der Waals surface area contributed by atoms with Crippen molar-refractivity contribution in [1.82, 2.24) is 15.1 Å². The van der Waals surface area contributed by atoms with E-state index in [9.17, 15) is 4.79 Å². The number of hydrogen-bond donors (Lipinski definition) is 2. The summed E-state index contributed by atoms with van der Waals surface area (Å²) in [5.74, 6) is -0.0420. The Labute approximate surface area is 143 Å². The minimum atomic E-state index is -0.404. The number of amides is 1. The van der Waals surface area contributed by atoms with E-state index in [1.165, 1.54) is 0 Å². The van der Waals surface area contributed by atoms with Gasteiger partial charge in [-0.15, -0.1) is 0 Å². The van der Waals surface area contributed by atoms with Crippen molar-refractivity contribution in [2.45, 2.75) is 51.1 Å². The first-order chi connectivity index (χ1) is 11.5. The molecule has 1 aromatic heterocycles. The van der Waals surface area contributed by atoms with Crippen molar-refractivity contribution in [3.63, 3.8) is 0 Å². The fourth-order valence-corrected chi connectivity index (χ4v) is 3.54. The molecule has 0 radical (unpaired) electrons. The van der Waals surface area contributed by atoms with Gasteiger partial charge in [0.1, 0.15) is 0 Å². The van der Waals surface area contributed by atoms with Gasteiger partial charge in [0.2, 0.25) is 5.91 Å². The lowest BCUT2D eigenvalue weighted by atomic mass is 9.74. The second-order valence-corrected chi connectivity index (χ2v) is 7.08. The summed E-state index contributed by atoms with van der Waals surface area (Å²) in [4.78, 5) is 12.7. The lowest BCUT2D eigenvalue weighted by molar-refractivity contribution is -0.128.